The zero-order valence-electron chi connectivity index (χ0n) is 18.4. The number of hydrazone groups is 1. The van der Waals surface area contributed by atoms with Crippen molar-refractivity contribution < 1.29 is 14.0 Å². The molecule has 0 atom stereocenters. The Hall–Kier alpha value is -3.78. The van der Waals surface area contributed by atoms with Crippen molar-refractivity contribution in [2.24, 2.45) is 5.10 Å². The highest BCUT2D eigenvalue weighted by Crippen LogP contribution is 2.31. The first-order valence-corrected chi connectivity index (χ1v) is 11.7. The largest absolute Gasteiger partial charge is 0.455 e. The quantitative estimate of drug-likeness (QED) is 0.344. The molecule has 5 rings (SSSR count). The van der Waals surface area contributed by atoms with Gasteiger partial charge in [0.1, 0.15) is 5.76 Å². The van der Waals surface area contributed by atoms with E-state index in [9.17, 15) is 9.59 Å². The van der Waals surface area contributed by atoms with Gasteiger partial charge < -0.3 is 9.73 Å². The molecule has 2 aromatic heterocycles. The molecular weight excluding hydrogens is 496 g/mol. The number of hydrogen-bond acceptors (Lipinski definition) is 5. The molecule has 4 aromatic rings. The Morgan fingerprint density at radius 1 is 1.03 bits per heavy atom. The first-order valence-electron chi connectivity index (χ1n) is 10.9. The molecule has 2 heterocycles. The molecule has 2 amide bonds. The van der Waals surface area contributed by atoms with E-state index in [-0.39, 0.29) is 17.6 Å². The maximum atomic E-state index is 13.2. The second kappa shape index (κ2) is 9.23. The van der Waals surface area contributed by atoms with E-state index < -0.39 is 0 Å². The Balaban J connectivity index is 1.42. The molecule has 0 saturated carbocycles. The Bertz CT molecular complexity index is 1450. The van der Waals surface area contributed by atoms with Gasteiger partial charge in [0, 0.05) is 33.6 Å². The van der Waals surface area contributed by atoms with Gasteiger partial charge in [0.05, 0.1) is 22.5 Å². The summed E-state index contributed by atoms with van der Waals surface area (Å²) >= 11 is 3.39. The Morgan fingerprint density at radius 2 is 1.88 bits per heavy atom. The molecule has 2 N–H and O–H groups in total. The lowest BCUT2D eigenvalue weighted by atomic mass is 9.93. The van der Waals surface area contributed by atoms with E-state index in [1.807, 2.05) is 43.3 Å². The average Bonchev–Trinajstić information content (AvgIpc) is 3.20. The minimum absolute atomic E-state index is 0.248. The third-order valence-corrected chi connectivity index (χ3v) is 6.53. The van der Waals surface area contributed by atoms with Crippen molar-refractivity contribution in [3.8, 4) is 0 Å². The van der Waals surface area contributed by atoms with Crippen LogP contribution in [0, 0.1) is 6.92 Å². The van der Waals surface area contributed by atoms with Crippen molar-refractivity contribution in [3.05, 3.63) is 93.5 Å². The van der Waals surface area contributed by atoms with Crippen molar-refractivity contribution >= 4 is 50.0 Å². The number of rotatable bonds is 4. The number of nitrogens with zero attached hydrogens (tertiary/aromatic N) is 2. The van der Waals surface area contributed by atoms with Crippen molar-refractivity contribution in [1.82, 2.24) is 10.4 Å². The number of carbonyl (C=O) groups excluding carboxylic acids is 2. The molecule has 0 radical (unpaired) electrons. The normalized spacial score (nSPS) is 14.1. The van der Waals surface area contributed by atoms with Crippen LogP contribution in [-0.2, 0) is 6.42 Å². The van der Waals surface area contributed by atoms with E-state index in [1.54, 1.807) is 24.4 Å². The van der Waals surface area contributed by atoms with Crippen LogP contribution in [0.25, 0.3) is 10.9 Å². The summed E-state index contributed by atoms with van der Waals surface area (Å²) in [5, 5.41) is 8.20. The predicted molar refractivity (Wildman–Crippen MR) is 134 cm³/mol. The maximum Gasteiger partial charge on any atom is 0.291 e. The van der Waals surface area contributed by atoms with Crippen LogP contribution in [0.3, 0.4) is 0 Å². The van der Waals surface area contributed by atoms with Crippen molar-refractivity contribution in [2.75, 3.05) is 5.32 Å². The Kier molecular flexibility index (Phi) is 5.98. The van der Waals surface area contributed by atoms with Gasteiger partial charge in [0.2, 0.25) is 0 Å². The zero-order valence-corrected chi connectivity index (χ0v) is 20.0. The maximum absolute atomic E-state index is 13.2. The van der Waals surface area contributed by atoms with Crippen LogP contribution in [0.4, 0.5) is 5.69 Å². The Morgan fingerprint density at radius 3 is 2.74 bits per heavy atom. The Labute approximate surface area is 204 Å². The molecular formula is C26H21BrN4O3. The lowest BCUT2D eigenvalue weighted by Gasteiger charge is -2.13. The van der Waals surface area contributed by atoms with Gasteiger partial charge in [0.25, 0.3) is 11.8 Å². The first kappa shape index (κ1) is 22.0. The number of nitrogens with one attached hydrogen (secondary N) is 2. The monoisotopic (exact) mass is 516 g/mol. The topological polar surface area (TPSA) is 96.6 Å². The third-order valence-electron chi connectivity index (χ3n) is 5.84. The van der Waals surface area contributed by atoms with Gasteiger partial charge in [-0.05, 0) is 72.1 Å². The molecule has 2 aromatic carbocycles. The van der Waals surface area contributed by atoms with Gasteiger partial charge in [-0.2, -0.15) is 5.10 Å². The lowest BCUT2D eigenvalue weighted by molar-refractivity contribution is 0.0952. The summed E-state index contributed by atoms with van der Waals surface area (Å²) in [6, 6.07) is 16.5. The summed E-state index contributed by atoms with van der Waals surface area (Å²) in [6.45, 7) is 1.85. The number of anilines is 1. The summed E-state index contributed by atoms with van der Waals surface area (Å²) in [6.07, 6.45) is 3.92. The van der Waals surface area contributed by atoms with E-state index in [4.69, 9.17) is 4.42 Å². The van der Waals surface area contributed by atoms with E-state index in [2.05, 4.69) is 36.8 Å². The predicted octanol–water partition coefficient (Wildman–Crippen LogP) is 5.62. The number of hydrogen-bond donors (Lipinski definition) is 2. The summed E-state index contributed by atoms with van der Waals surface area (Å²) in [5.74, 6) is 0.315. The minimum Gasteiger partial charge on any atom is -0.455 e. The van der Waals surface area contributed by atoms with Gasteiger partial charge >= 0.3 is 0 Å². The molecule has 34 heavy (non-hydrogen) atoms. The molecule has 8 heteroatoms. The summed E-state index contributed by atoms with van der Waals surface area (Å²) < 4.78 is 6.69. The van der Waals surface area contributed by atoms with Gasteiger partial charge in [-0.15, -0.1) is 0 Å². The summed E-state index contributed by atoms with van der Waals surface area (Å²) in [5.41, 5.74) is 6.81. The number of pyridine rings is 1. The van der Waals surface area contributed by atoms with Gasteiger partial charge in [-0.25, -0.2) is 5.43 Å². The fraction of sp³-hybridized carbons (Fsp3) is 0.154. The van der Waals surface area contributed by atoms with Crippen LogP contribution in [0.1, 0.15) is 50.6 Å². The second-order valence-electron chi connectivity index (χ2n) is 8.02. The van der Waals surface area contributed by atoms with E-state index in [0.29, 0.717) is 45.6 Å². The van der Waals surface area contributed by atoms with Crippen molar-refractivity contribution in [3.63, 3.8) is 0 Å². The number of amides is 2. The van der Waals surface area contributed by atoms with Crippen molar-refractivity contribution in [2.45, 2.75) is 26.2 Å². The van der Waals surface area contributed by atoms with Crippen LogP contribution in [-0.4, -0.2) is 22.5 Å². The molecule has 1 aliphatic carbocycles. The fourth-order valence-corrected chi connectivity index (χ4v) is 4.68. The summed E-state index contributed by atoms with van der Waals surface area (Å²) in [7, 11) is 0. The molecule has 1 aliphatic rings. The fourth-order valence-electron chi connectivity index (χ4n) is 4.21. The SMILES string of the molecule is Cc1c(C(=O)Nc2cccc3ncccc23)oc2c1/C(=N/NC(=O)c1ccccc1Br)CCC2. The number of carbonyl (C=O) groups is 2. The molecule has 0 spiro atoms. The second-order valence-corrected chi connectivity index (χ2v) is 8.87. The number of aryl methyl sites for hydroxylation is 1. The van der Waals surface area contributed by atoms with Gasteiger partial charge in [-0.3, -0.25) is 14.6 Å². The molecule has 0 fully saturated rings. The molecule has 7 nitrogen and oxygen atoms in total. The number of fused-ring (bicyclic) bond motifs is 2. The van der Waals surface area contributed by atoms with E-state index in [1.165, 1.54) is 0 Å². The molecule has 0 unspecified atom stereocenters. The van der Waals surface area contributed by atoms with Crippen LogP contribution >= 0.6 is 15.9 Å². The average molecular weight is 517 g/mol. The number of halogens is 1. The number of furan rings is 1. The first-order chi connectivity index (χ1) is 16.5. The molecule has 0 saturated heterocycles. The highest BCUT2D eigenvalue weighted by molar-refractivity contribution is 9.10. The van der Waals surface area contributed by atoms with Crippen molar-refractivity contribution in [1.29, 1.82) is 0 Å². The third kappa shape index (κ3) is 4.12. The highest BCUT2D eigenvalue weighted by atomic mass is 79.9. The van der Waals surface area contributed by atoms with Crippen LogP contribution in [0.2, 0.25) is 0 Å². The van der Waals surface area contributed by atoms with Crippen LogP contribution in [0.15, 0.2) is 74.8 Å². The van der Waals surface area contributed by atoms with E-state index >= 15 is 0 Å². The number of benzene rings is 2. The molecule has 0 bridgehead atoms. The van der Waals surface area contributed by atoms with E-state index in [0.717, 1.165) is 22.9 Å². The highest BCUT2D eigenvalue weighted by Gasteiger charge is 2.28. The standard InChI is InChI=1S/C26H21BrN4O3/c1-15-23-21(30-31-25(32)16-7-2-3-9-18(16)27)12-5-13-22(23)34-24(15)26(33)29-20-11-4-10-19-17(20)8-6-14-28-19/h2-4,6-11,14H,5,12-13H2,1H3,(H,29,33)(H,31,32)/b30-21+. The summed E-state index contributed by atoms with van der Waals surface area (Å²) in [4.78, 5) is 30.1. The van der Waals surface area contributed by atoms with Crippen LogP contribution < -0.4 is 10.7 Å². The van der Waals surface area contributed by atoms with Gasteiger partial charge in [0.15, 0.2) is 5.76 Å². The van der Waals surface area contributed by atoms with Crippen LogP contribution in [0.5, 0.6) is 0 Å². The minimum atomic E-state index is -0.333. The molecule has 170 valence electrons. The lowest BCUT2D eigenvalue weighted by Crippen LogP contribution is -2.22. The smallest absolute Gasteiger partial charge is 0.291 e. The zero-order chi connectivity index (χ0) is 23.7. The molecule has 0 aliphatic heterocycles. The van der Waals surface area contributed by atoms with Gasteiger partial charge in [-0.1, -0.05) is 18.2 Å². The number of aromatic nitrogens is 1.